The first-order valence-electron chi connectivity index (χ1n) is 5.33. The Kier molecular flexibility index (Phi) is 4.94. The molecule has 0 atom stereocenters. The van der Waals surface area contributed by atoms with Crippen molar-refractivity contribution < 1.29 is 14.3 Å². The van der Waals surface area contributed by atoms with E-state index in [9.17, 15) is 9.59 Å². The average Bonchev–Trinajstić information content (AvgIpc) is 2.29. The van der Waals surface area contributed by atoms with E-state index < -0.39 is 0 Å². The molecule has 0 saturated heterocycles. The largest absolute Gasteiger partial charge is 0.501 e. The Bertz CT molecular complexity index is 421. The predicted molar refractivity (Wildman–Crippen MR) is 65.8 cm³/mol. The summed E-state index contributed by atoms with van der Waals surface area (Å²) < 4.78 is 4.94. The van der Waals surface area contributed by atoms with Gasteiger partial charge < -0.3 is 10.1 Å². The Labute approximate surface area is 100 Å². The lowest BCUT2D eigenvalue weighted by Crippen LogP contribution is -2.05. The van der Waals surface area contributed by atoms with Gasteiger partial charge >= 0.3 is 0 Å². The summed E-state index contributed by atoms with van der Waals surface area (Å²) in [7, 11) is 0. The van der Waals surface area contributed by atoms with Crippen LogP contribution < -0.4 is 5.32 Å². The Morgan fingerprint density at radius 3 is 2.47 bits per heavy atom. The zero-order valence-corrected chi connectivity index (χ0v) is 9.90. The van der Waals surface area contributed by atoms with Gasteiger partial charge in [0.05, 0.1) is 12.9 Å². The van der Waals surface area contributed by atoms with E-state index in [2.05, 4.69) is 5.32 Å². The first kappa shape index (κ1) is 13.0. The molecule has 0 aliphatic carbocycles. The van der Waals surface area contributed by atoms with Gasteiger partial charge in [0.15, 0.2) is 5.78 Å². The second-order valence-electron chi connectivity index (χ2n) is 3.38. The fourth-order valence-corrected chi connectivity index (χ4v) is 1.22. The van der Waals surface area contributed by atoms with Gasteiger partial charge in [-0.05, 0) is 31.2 Å². The van der Waals surface area contributed by atoms with Crippen molar-refractivity contribution >= 4 is 17.4 Å². The van der Waals surface area contributed by atoms with Crippen molar-refractivity contribution in [3.63, 3.8) is 0 Å². The van der Waals surface area contributed by atoms with E-state index in [1.165, 1.54) is 19.3 Å². The molecule has 1 aromatic carbocycles. The van der Waals surface area contributed by atoms with Gasteiger partial charge in [0, 0.05) is 24.3 Å². The normalized spacial score (nSPS) is 10.2. The highest BCUT2D eigenvalue weighted by Gasteiger charge is 2.02. The fraction of sp³-hybridized carbons (Fsp3) is 0.231. The molecule has 90 valence electrons. The highest BCUT2D eigenvalue weighted by molar-refractivity contribution is 6.04. The molecule has 1 amide bonds. The monoisotopic (exact) mass is 233 g/mol. The van der Waals surface area contributed by atoms with Gasteiger partial charge in [0.1, 0.15) is 0 Å². The van der Waals surface area contributed by atoms with Gasteiger partial charge in [-0.25, -0.2) is 0 Å². The van der Waals surface area contributed by atoms with E-state index >= 15 is 0 Å². The van der Waals surface area contributed by atoms with Crippen LogP contribution in [-0.4, -0.2) is 18.3 Å². The van der Waals surface area contributed by atoms with E-state index in [-0.39, 0.29) is 11.7 Å². The molecule has 1 rings (SSSR count). The van der Waals surface area contributed by atoms with Crippen LogP contribution in [0.5, 0.6) is 0 Å². The van der Waals surface area contributed by atoms with Gasteiger partial charge in [-0.3, -0.25) is 9.59 Å². The first-order chi connectivity index (χ1) is 8.13. The molecule has 0 aromatic heterocycles. The van der Waals surface area contributed by atoms with E-state index in [1.54, 1.807) is 24.3 Å². The molecule has 0 unspecified atom stereocenters. The quantitative estimate of drug-likeness (QED) is 0.482. The van der Waals surface area contributed by atoms with Crippen molar-refractivity contribution in [2.45, 2.75) is 13.8 Å². The Hall–Kier alpha value is -2.10. The lowest BCUT2D eigenvalue weighted by molar-refractivity contribution is -0.114. The van der Waals surface area contributed by atoms with Crippen LogP contribution in [0.2, 0.25) is 0 Å². The molecule has 0 saturated carbocycles. The van der Waals surface area contributed by atoms with Crippen molar-refractivity contribution in [1.29, 1.82) is 0 Å². The number of rotatable bonds is 5. The van der Waals surface area contributed by atoms with Crippen molar-refractivity contribution in [2.24, 2.45) is 0 Å². The molecule has 4 heteroatoms. The summed E-state index contributed by atoms with van der Waals surface area (Å²) in [4.78, 5) is 22.4. The molecule has 0 aliphatic heterocycles. The summed E-state index contributed by atoms with van der Waals surface area (Å²) in [5.41, 5.74) is 1.22. The van der Waals surface area contributed by atoms with Crippen molar-refractivity contribution in [3.8, 4) is 0 Å². The van der Waals surface area contributed by atoms with Gasteiger partial charge in [-0.2, -0.15) is 0 Å². The number of ether oxygens (including phenoxy) is 1. The smallest absolute Gasteiger partial charge is 0.221 e. The van der Waals surface area contributed by atoms with Gasteiger partial charge in [-0.15, -0.1) is 0 Å². The van der Waals surface area contributed by atoms with Gasteiger partial charge in [0.25, 0.3) is 0 Å². The summed E-state index contributed by atoms with van der Waals surface area (Å²) in [6.45, 7) is 3.81. The van der Waals surface area contributed by atoms with E-state index in [0.717, 1.165) is 0 Å². The number of nitrogens with one attached hydrogen (secondary N) is 1. The highest BCUT2D eigenvalue weighted by atomic mass is 16.5. The second kappa shape index (κ2) is 6.48. The third kappa shape index (κ3) is 4.51. The van der Waals surface area contributed by atoms with Crippen LogP contribution in [0.25, 0.3) is 0 Å². The molecule has 0 heterocycles. The van der Waals surface area contributed by atoms with Crippen molar-refractivity contribution in [2.75, 3.05) is 11.9 Å². The summed E-state index contributed by atoms with van der Waals surface area (Å²) >= 11 is 0. The zero-order valence-electron chi connectivity index (χ0n) is 9.90. The number of amides is 1. The SMILES string of the molecule is CCO/C=C/C(=O)c1ccc(NC(C)=O)cc1. The minimum Gasteiger partial charge on any atom is -0.501 e. The summed E-state index contributed by atoms with van der Waals surface area (Å²) in [5.74, 6) is -0.270. The number of hydrogen-bond acceptors (Lipinski definition) is 3. The number of carbonyl (C=O) groups is 2. The van der Waals surface area contributed by atoms with Crippen molar-refractivity contribution in [1.82, 2.24) is 0 Å². The first-order valence-corrected chi connectivity index (χ1v) is 5.33. The molecule has 0 spiro atoms. The third-order valence-corrected chi connectivity index (χ3v) is 1.97. The topological polar surface area (TPSA) is 55.4 Å². The Morgan fingerprint density at radius 1 is 1.29 bits per heavy atom. The molecule has 0 aliphatic rings. The van der Waals surface area contributed by atoms with E-state index in [0.29, 0.717) is 17.9 Å². The lowest BCUT2D eigenvalue weighted by Gasteiger charge is -2.02. The maximum absolute atomic E-state index is 11.6. The number of hydrogen-bond donors (Lipinski definition) is 1. The number of carbonyl (C=O) groups excluding carboxylic acids is 2. The standard InChI is InChI=1S/C13H15NO3/c1-3-17-9-8-13(16)11-4-6-12(7-5-11)14-10(2)15/h4-9H,3H2,1-2H3,(H,14,15)/b9-8+. The van der Waals surface area contributed by atoms with Crippen LogP contribution in [0.15, 0.2) is 36.6 Å². The molecule has 0 bridgehead atoms. The molecule has 1 N–H and O–H groups in total. The summed E-state index contributed by atoms with van der Waals surface area (Å²) in [6, 6.07) is 6.68. The summed E-state index contributed by atoms with van der Waals surface area (Å²) in [6.07, 6.45) is 2.75. The third-order valence-electron chi connectivity index (χ3n) is 1.97. The number of allylic oxidation sites excluding steroid dienone is 1. The maximum atomic E-state index is 11.6. The number of anilines is 1. The molecule has 0 radical (unpaired) electrons. The van der Waals surface area contributed by atoms with E-state index in [1.807, 2.05) is 6.92 Å². The van der Waals surface area contributed by atoms with Crippen LogP contribution >= 0.6 is 0 Å². The maximum Gasteiger partial charge on any atom is 0.221 e. The predicted octanol–water partition coefficient (Wildman–Crippen LogP) is 2.38. The second-order valence-corrected chi connectivity index (χ2v) is 3.38. The summed E-state index contributed by atoms with van der Waals surface area (Å²) in [5, 5.41) is 2.63. The van der Waals surface area contributed by atoms with Crippen molar-refractivity contribution in [3.05, 3.63) is 42.2 Å². The zero-order chi connectivity index (χ0) is 12.7. The Balaban J connectivity index is 2.67. The van der Waals surface area contributed by atoms with E-state index in [4.69, 9.17) is 4.74 Å². The van der Waals surface area contributed by atoms with Crippen LogP contribution in [-0.2, 0) is 9.53 Å². The van der Waals surface area contributed by atoms with Gasteiger partial charge in [-0.1, -0.05) is 0 Å². The number of ketones is 1. The minimum absolute atomic E-state index is 0.132. The Morgan fingerprint density at radius 2 is 1.94 bits per heavy atom. The highest BCUT2D eigenvalue weighted by Crippen LogP contribution is 2.10. The molecule has 0 fully saturated rings. The minimum atomic E-state index is -0.139. The fourth-order valence-electron chi connectivity index (χ4n) is 1.22. The number of benzene rings is 1. The molecule has 1 aromatic rings. The average molecular weight is 233 g/mol. The lowest BCUT2D eigenvalue weighted by atomic mass is 10.1. The molecule has 4 nitrogen and oxygen atoms in total. The molecule has 17 heavy (non-hydrogen) atoms. The molecular formula is C13H15NO3. The van der Waals surface area contributed by atoms with Crippen LogP contribution in [0, 0.1) is 0 Å². The van der Waals surface area contributed by atoms with Crippen LogP contribution in [0.1, 0.15) is 24.2 Å². The van der Waals surface area contributed by atoms with Crippen LogP contribution in [0.4, 0.5) is 5.69 Å². The van der Waals surface area contributed by atoms with Gasteiger partial charge in [0.2, 0.25) is 5.91 Å². The molecular weight excluding hydrogens is 218 g/mol. The van der Waals surface area contributed by atoms with Crippen LogP contribution in [0.3, 0.4) is 0 Å².